The van der Waals surface area contributed by atoms with Crippen LogP contribution in [0, 0.1) is 13.8 Å². The maximum absolute atomic E-state index is 5.64. The average Bonchev–Trinajstić information content (AvgIpc) is 2.75. The molecule has 1 nitrogen and oxygen atoms in total. The number of fused-ring (bicyclic) bond motifs is 1. The lowest BCUT2D eigenvalue weighted by Gasteiger charge is -2.02. The minimum absolute atomic E-state index is 0.935. The molecular formula is C16H14O. The molecule has 0 fully saturated rings. The first-order valence-corrected chi connectivity index (χ1v) is 5.79. The fourth-order valence-corrected chi connectivity index (χ4v) is 2.11. The molecule has 0 aliphatic rings. The van der Waals surface area contributed by atoms with E-state index in [1.54, 1.807) is 0 Å². The van der Waals surface area contributed by atoms with Gasteiger partial charge < -0.3 is 4.42 Å². The van der Waals surface area contributed by atoms with Crippen LogP contribution in [0.3, 0.4) is 0 Å². The van der Waals surface area contributed by atoms with Crippen LogP contribution < -0.4 is 0 Å². The molecule has 17 heavy (non-hydrogen) atoms. The first-order chi connectivity index (χ1) is 8.22. The molecule has 3 rings (SSSR count). The lowest BCUT2D eigenvalue weighted by Crippen LogP contribution is -1.78. The fraction of sp³-hybridized carbons (Fsp3) is 0.125. The van der Waals surface area contributed by atoms with Crippen molar-refractivity contribution >= 4 is 10.8 Å². The molecular weight excluding hydrogens is 208 g/mol. The molecule has 2 aromatic carbocycles. The van der Waals surface area contributed by atoms with Crippen molar-refractivity contribution in [3.05, 3.63) is 59.9 Å². The van der Waals surface area contributed by atoms with E-state index in [1.165, 1.54) is 16.3 Å². The van der Waals surface area contributed by atoms with Crippen molar-refractivity contribution in [3.8, 4) is 11.3 Å². The number of hydrogen-bond acceptors (Lipinski definition) is 1. The monoisotopic (exact) mass is 222 g/mol. The van der Waals surface area contributed by atoms with Crippen molar-refractivity contribution in [2.45, 2.75) is 13.8 Å². The molecule has 1 heterocycles. The normalized spacial score (nSPS) is 10.9. The Balaban J connectivity index is 2.16. The van der Waals surface area contributed by atoms with Gasteiger partial charge in [-0.3, -0.25) is 0 Å². The summed E-state index contributed by atoms with van der Waals surface area (Å²) in [4.78, 5) is 0. The summed E-state index contributed by atoms with van der Waals surface area (Å²) in [6, 6.07) is 16.9. The Morgan fingerprint density at radius 2 is 1.53 bits per heavy atom. The molecule has 0 aliphatic heterocycles. The van der Waals surface area contributed by atoms with Crippen LogP contribution in [0.4, 0.5) is 0 Å². The third-order valence-corrected chi connectivity index (χ3v) is 3.02. The van der Waals surface area contributed by atoms with Crippen LogP contribution in [-0.2, 0) is 0 Å². The minimum Gasteiger partial charge on any atom is -0.461 e. The van der Waals surface area contributed by atoms with E-state index in [0.29, 0.717) is 0 Å². The van der Waals surface area contributed by atoms with Gasteiger partial charge in [-0.15, -0.1) is 0 Å². The zero-order valence-electron chi connectivity index (χ0n) is 10.0. The van der Waals surface area contributed by atoms with E-state index < -0.39 is 0 Å². The molecule has 0 N–H and O–H groups in total. The molecule has 0 bridgehead atoms. The topological polar surface area (TPSA) is 13.1 Å². The Kier molecular flexibility index (Phi) is 2.25. The lowest BCUT2D eigenvalue weighted by molar-refractivity contribution is 0.548. The van der Waals surface area contributed by atoms with Crippen molar-refractivity contribution in [2.75, 3.05) is 0 Å². The van der Waals surface area contributed by atoms with Crippen LogP contribution in [0.15, 0.2) is 52.9 Å². The van der Waals surface area contributed by atoms with E-state index >= 15 is 0 Å². The van der Waals surface area contributed by atoms with Gasteiger partial charge in [0.2, 0.25) is 0 Å². The minimum atomic E-state index is 0.935. The maximum atomic E-state index is 5.64. The molecule has 0 radical (unpaired) electrons. The number of hydrogen-bond donors (Lipinski definition) is 0. The molecule has 0 amide bonds. The third-order valence-electron chi connectivity index (χ3n) is 3.02. The van der Waals surface area contributed by atoms with Crippen molar-refractivity contribution in [3.63, 3.8) is 0 Å². The number of rotatable bonds is 1. The van der Waals surface area contributed by atoms with Crippen LogP contribution in [0.2, 0.25) is 0 Å². The maximum Gasteiger partial charge on any atom is 0.134 e. The molecule has 0 saturated carbocycles. The van der Waals surface area contributed by atoms with Crippen LogP contribution in [0.1, 0.15) is 11.3 Å². The van der Waals surface area contributed by atoms with Crippen molar-refractivity contribution in [1.82, 2.24) is 0 Å². The Hall–Kier alpha value is -2.02. The average molecular weight is 222 g/mol. The summed E-state index contributed by atoms with van der Waals surface area (Å²) in [6.07, 6.45) is 0. The van der Waals surface area contributed by atoms with E-state index in [1.807, 2.05) is 19.1 Å². The lowest BCUT2D eigenvalue weighted by atomic mass is 10.0. The zero-order chi connectivity index (χ0) is 11.8. The summed E-state index contributed by atoms with van der Waals surface area (Å²) in [7, 11) is 0. The zero-order valence-corrected chi connectivity index (χ0v) is 10.0. The van der Waals surface area contributed by atoms with Gasteiger partial charge in [-0.1, -0.05) is 35.9 Å². The fourth-order valence-electron chi connectivity index (χ4n) is 2.11. The smallest absolute Gasteiger partial charge is 0.134 e. The van der Waals surface area contributed by atoms with Crippen molar-refractivity contribution in [2.24, 2.45) is 0 Å². The quantitative estimate of drug-likeness (QED) is 0.580. The summed E-state index contributed by atoms with van der Waals surface area (Å²) in [5.41, 5.74) is 2.42. The summed E-state index contributed by atoms with van der Waals surface area (Å²) in [5.74, 6) is 1.88. The van der Waals surface area contributed by atoms with Crippen LogP contribution in [0.25, 0.3) is 22.1 Å². The van der Waals surface area contributed by atoms with Gasteiger partial charge in [0.15, 0.2) is 0 Å². The predicted octanol–water partition coefficient (Wildman–Crippen LogP) is 4.72. The Morgan fingerprint density at radius 1 is 0.765 bits per heavy atom. The van der Waals surface area contributed by atoms with E-state index in [-0.39, 0.29) is 0 Å². The number of aryl methyl sites for hydroxylation is 2. The molecule has 0 saturated heterocycles. The third kappa shape index (κ3) is 1.84. The second-order valence-corrected chi connectivity index (χ2v) is 4.48. The molecule has 3 aromatic rings. The van der Waals surface area contributed by atoms with E-state index in [0.717, 1.165) is 17.1 Å². The summed E-state index contributed by atoms with van der Waals surface area (Å²) >= 11 is 0. The molecule has 84 valence electrons. The van der Waals surface area contributed by atoms with E-state index in [2.05, 4.69) is 43.3 Å². The van der Waals surface area contributed by atoms with Gasteiger partial charge >= 0.3 is 0 Å². The van der Waals surface area contributed by atoms with Gasteiger partial charge in [-0.05, 0) is 42.8 Å². The first kappa shape index (κ1) is 10.2. The Bertz CT molecular complexity index is 677. The van der Waals surface area contributed by atoms with Crippen molar-refractivity contribution in [1.29, 1.82) is 0 Å². The second kappa shape index (κ2) is 3.77. The summed E-state index contributed by atoms with van der Waals surface area (Å²) in [5, 5.41) is 2.53. The van der Waals surface area contributed by atoms with Gasteiger partial charge in [-0.2, -0.15) is 0 Å². The van der Waals surface area contributed by atoms with Gasteiger partial charge in [-0.25, -0.2) is 0 Å². The molecule has 0 aliphatic carbocycles. The highest BCUT2D eigenvalue weighted by Gasteiger charge is 2.03. The number of furan rings is 1. The molecule has 0 spiro atoms. The second-order valence-electron chi connectivity index (χ2n) is 4.48. The van der Waals surface area contributed by atoms with Gasteiger partial charge in [0.1, 0.15) is 11.5 Å². The predicted molar refractivity (Wildman–Crippen MR) is 71.1 cm³/mol. The van der Waals surface area contributed by atoms with Crippen LogP contribution in [0.5, 0.6) is 0 Å². The molecule has 0 atom stereocenters. The van der Waals surface area contributed by atoms with E-state index in [9.17, 15) is 0 Å². The Labute approximate surface area is 101 Å². The standard InChI is InChI=1S/C16H14O/c1-11-3-5-14-10-15(7-6-13(14)9-11)16-8-4-12(2)17-16/h3-10H,1-2H3. The van der Waals surface area contributed by atoms with Gasteiger partial charge in [0.25, 0.3) is 0 Å². The van der Waals surface area contributed by atoms with Crippen LogP contribution in [-0.4, -0.2) is 0 Å². The van der Waals surface area contributed by atoms with E-state index in [4.69, 9.17) is 4.42 Å². The summed E-state index contributed by atoms with van der Waals surface area (Å²) < 4.78 is 5.64. The highest BCUT2D eigenvalue weighted by atomic mass is 16.3. The first-order valence-electron chi connectivity index (χ1n) is 5.79. The van der Waals surface area contributed by atoms with Gasteiger partial charge in [0.05, 0.1) is 0 Å². The van der Waals surface area contributed by atoms with Gasteiger partial charge in [0, 0.05) is 5.56 Å². The van der Waals surface area contributed by atoms with Crippen LogP contribution >= 0.6 is 0 Å². The Morgan fingerprint density at radius 3 is 2.29 bits per heavy atom. The summed E-state index contributed by atoms with van der Waals surface area (Å²) in [6.45, 7) is 4.08. The largest absolute Gasteiger partial charge is 0.461 e. The molecule has 1 heteroatoms. The molecule has 1 aromatic heterocycles. The number of benzene rings is 2. The SMILES string of the molecule is Cc1ccc2cc(-c3ccc(C)o3)ccc2c1. The van der Waals surface area contributed by atoms with Crippen molar-refractivity contribution < 1.29 is 4.42 Å². The highest BCUT2D eigenvalue weighted by Crippen LogP contribution is 2.26. The highest BCUT2D eigenvalue weighted by molar-refractivity contribution is 5.87. The molecule has 0 unspecified atom stereocenters.